The lowest BCUT2D eigenvalue weighted by Gasteiger charge is -2.45. The number of hydrogen-bond acceptors (Lipinski definition) is 1. The van der Waals surface area contributed by atoms with E-state index in [1.54, 1.807) is 0 Å². The summed E-state index contributed by atoms with van der Waals surface area (Å²) >= 11 is 0. The number of nitrogens with zero attached hydrogens (tertiary/aromatic N) is 3. The second-order valence-electron chi connectivity index (χ2n) is 15.3. The summed E-state index contributed by atoms with van der Waals surface area (Å²) in [5, 5.41) is 10.5. The van der Waals surface area contributed by atoms with Crippen molar-refractivity contribution in [3.8, 4) is 11.4 Å². The van der Waals surface area contributed by atoms with Gasteiger partial charge in [-0.3, -0.25) is 0 Å². The molecule has 1 aliphatic heterocycles. The smallest absolute Gasteiger partial charge is 0.184 e. The van der Waals surface area contributed by atoms with Crippen LogP contribution in [-0.2, 0) is 0 Å². The van der Waals surface area contributed by atoms with Crippen molar-refractivity contribution in [3.05, 3.63) is 224 Å². The van der Waals surface area contributed by atoms with Crippen LogP contribution in [0.3, 0.4) is 0 Å². The molecule has 0 spiro atoms. The molecule has 3 heterocycles. The summed E-state index contributed by atoms with van der Waals surface area (Å²) in [6, 6.07) is 83.4. The Balaban J connectivity index is 1.24. The molecule has 12 rings (SSSR count). The minimum Gasteiger partial charge on any atom is -0.311 e. The molecule has 11 aromatic rings. The van der Waals surface area contributed by atoms with Gasteiger partial charge >= 0.3 is 0 Å². The van der Waals surface area contributed by atoms with Gasteiger partial charge in [-0.25, -0.2) is 0 Å². The number of aromatic nitrogens is 2. The molecule has 3 nitrogen and oxygen atoms in total. The first-order valence-electron chi connectivity index (χ1n) is 20.0. The second kappa shape index (κ2) is 12.8. The topological polar surface area (TPSA) is 13.1 Å². The van der Waals surface area contributed by atoms with Gasteiger partial charge in [0.2, 0.25) is 0 Å². The molecule has 0 saturated carbocycles. The summed E-state index contributed by atoms with van der Waals surface area (Å²) < 4.78 is 4.94. The van der Waals surface area contributed by atoms with E-state index >= 15 is 0 Å². The third-order valence-electron chi connectivity index (χ3n) is 12.4. The van der Waals surface area contributed by atoms with Gasteiger partial charge in [0.05, 0.1) is 22.1 Å². The third kappa shape index (κ3) is 4.61. The normalized spacial score (nSPS) is 13.3. The molecule has 1 aliphatic rings. The molecular formula is C54H37N3Si. The van der Waals surface area contributed by atoms with E-state index in [0.29, 0.717) is 0 Å². The average Bonchev–Trinajstić information content (AvgIpc) is 3.82. The van der Waals surface area contributed by atoms with Gasteiger partial charge in [-0.1, -0.05) is 152 Å². The molecule has 0 unspecified atom stereocenters. The van der Waals surface area contributed by atoms with Crippen molar-refractivity contribution in [1.82, 2.24) is 9.13 Å². The van der Waals surface area contributed by atoms with Crippen LogP contribution in [0.5, 0.6) is 0 Å². The highest BCUT2D eigenvalue weighted by molar-refractivity contribution is 7.21. The summed E-state index contributed by atoms with van der Waals surface area (Å²) in [5.41, 5.74) is 10.7. The Morgan fingerprint density at radius 1 is 0.276 bits per heavy atom. The van der Waals surface area contributed by atoms with E-state index in [4.69, 9.17) is 0 Å². The van der Waals surface area contributed by atoms with Crippen LogP contribution in [0.1, 0.15) is 0 Å². The van der Waals surface area contributed by atoms with Crippen LogP contribution >= 0.6 is 0 Å². The lowest BCUT2D eigenvalue weighted by Crippen LogP contribution is -2.77. The predicted octanol–water partition coefficient (Wildman–Crippen LogP) is 11.0. The van der Waals surface area contributed by atoms with Gasteiger partial charge in [-0.05, 0) is 93.5 Å². The number of para-hydroxylation sites is 5. The van der Waals surface area contributed by atoms with Crippen molar-refractivity contribution in [2.75, 3.05) is 4.90 Å². The van der Waals surface area contributed by atoms with Crippen LogP contribution in [-0.4, -0.2) is 17.2 Å². The van der Waals surface area contributed by atoms with Gasteiger partial charge in [0.1, 0.15) is 0 Å². The van der Waals surface area contributed by atoms with E-state index in [1.807, 2.05) is 0 Å². The summed E-state index contributed by atoms with van der Waals surface area (Å²) in [6.07, 6.45) is 0. The Morgan fingerprint density at radius 3 is 0.983 bits per heavy atom. The summed E-state index contributed by atoms with van der Waals surface area (Å²) in [6.45, 7) is 0. The molecule has 9 aromatic carbocycles. The van der Waals surface area contributed by atoms with Crippen molar-refractivity contribution in [3.63, 3.8) is 0 Å². The fraction of sp³-hybridized carbons (Fsp3) is 0. The molecule has 0 atom stereocenters. The zero-order chi connectivity index (χ0) is 38.2. The molecule has 0 N–H and O–H groups in total. The van der Waals surface area contributed by atoms with Crippen molar-refractivity contribution in [2.45, 2.75) is 0 Å². The standard InChI is InChI=1S/C54H37N3Si/c1-4-18-38(19-5-1)55-51-34-32-39(56-47-28-14-10-24-43(47)44-25-11-15-29-48(44)56)36-53(51)58(41-20-6-2-7-21-41,42-22-8-3-9-23-42)54-37-40(33-35-52(54)55)57-49-30-16-12-26-45(49)46-27-13-17-31-50(46)57/h1-37H. The van der Waals surface area contributed by atoms with Gasteiger partial charge in [-0.15, -0.1) is 0 Å². The van der Waals surface area contributed by atoms with E-state index in [-0.39, 0.29) is 0 Å². The summed E-state index contributed by atoms with van der Waals surface area (Å²) in [4.78, 5) is 2.51. The van der Waals surface area contributed by atoms with Crippen molar-refractivity contribution >= 4 is 89.5 Å². The minimum absolute atomic E-state index is 1.14. The highest BCUT2D eigenvalue weighted by Crippen LogP contribution is 2.41. The van der Waals surface area contributed by atoms with Crippen LogP contribution in [0.25, 0.3) is 55.0 Å². The van der Waals surface area contributed by atoms with Crippen LogP contribution in [0.2, 0.25) is 0 Å². The van der Waals surface area contributed by atoms with Gasteiger partial charge < -0.3 is 14.0 Å². The lowest BCUT2D eigenvalue weighted by molar-refractivity contribution is 1.17. The fourth-order valence-electron chi connectivity index (χ4n) is 10.0. The SMILES string of the molecule is c1ccc(N2c3ccc(-n4c5ccccc5c5ccccc54)cc3[Si](c3ccccc3)(c3ccccc3)c3cc(-n4c5ccccc5c5ccccc54)ccc32)cc1. The van der Waals surface area contributed by atoms with Crippen molar-refractivity contribution < 1.29 is 0 Å². The molecule has 58 heavy (non-hydrogen) atoms. The zero-order valence-electron chi connectivity index (χ0n) is 31.7. The number of benzene rings is 9. The van der Waals surface area contributed by atoms with Gasteiger partial charge in [0, 0.05) is 50.0 Å². The first-order valence-corrected chi connectivity index (χ1v) is 22.0. The van der Waals surface area contributed by atoms with E-state index < -0.39 is 8.07 Å². The van der Waals surface area contributed by atoms with Gasteiger partial charge in [-0.2, -0.15) is 0 Å². The Kier molecular flexibility index (Phi) is 7.25. The first kappa shape index (κ1) is 32.8. The van der Waals surface area contributed by atoms with Crippen LogP contribution in [0.15, 0.2) is 224 Å². The summed E-state index contributed by atoms with van der Waals surface area (Å²) in [5.74, 6) is 0. The Hall–Kier alpha value is -7.40. The lowest BCUT2D eigenvalue weighted by atomic mass is 10.1. The fourth-order valence-corrected chi connectivity index (χ4v) is 15.2. The molecule has 0 aliphatic carbocycles. The van der Waals surface area contributed by atoms with Gasteiger partial charge in [0.25, 0.3) is 0 Å². The van der Waals surface area contributed by atoms with Crippen molar-refractivity contribution in [2.24, 2.45) is 0 Å². The van der Waals surface area contributed by atoms with E-state index in [2.05, 4.69) is 238 Å². The number of hydrogen-bond donors (Lipinski definition) is 0. The number of fused-ring (bicyclic) bond motifs is 8. The van der Waals surface area contributed by atoms with E-state index in [0.717, 1.165) is 17.1 Å². The molecule has 0 fully saturated rings. The predicted molar refractivity (Wildman–Crippen MR) is 247 cm³/mol. The quantitative estimate of drug-likeness (QED) is 0.159. The largest absolute Gasteiger partial charge is 0.311 e. The first-order chi connectivity index (χ1) is 28.8. The Morgan fingerprint density at radius 2 is 0.603 bits per heavy atom. The molecular weight excluding hydrogens is 719 g/mol. The molecule has 0 bridgehead atoms. The van der Waals surface area contributed by atoms with E-state index in [1.165, 1.54) is 75.7 Å². The van der Waals surface area contributed by atoms with E-state index in [9.17, 15) is 0 Å². The van der Waals surface area contributed by atoms with Crippen LogP contribution in [0, 0.1) is 0 Å². The Labute approximate surface area is 337 Å². The zero-order valence-corrected chi connectivity index (χ0v) is 32.7. The second-order valence-corrected chi connectivity index (χ2v) is 19.0. The van der Waals surface area contributed by atoms with Crippen LogP contribution < -0.4 is 25.6 Å². The van der Waals surface area contributed by atoms with Crippen LogP contribution in [0.4, 0.5) is 17.1 Å². The monoisotopic (exact) mass is 755 g/mol. The Bertz CT molecular complexity index is 3030. The molecule has 2 aromatic heterocycles. The maximum atomic E-state index is 2.53. The van der Waals surface area contributed by atoms with Gasteiger partial charge in [0.15, 0.2) is 8.07 Å². The molecule has 0 amide bonds. The molecule has 0 radical (unpaired) electrons. The van der Waals surface area contributed by atoms with Crippen molar-refractivity contribution in [1.29, 1.82) is 0 Å². The molecule has 0 saturated heterocycles. The number of anilines is 3. The number of rotatable bonds is 5. The maximum Gasteiger partial charge on any atom is 0.184 e. The average molecular weight is 756 g/mol. The third-order valence-corrected chi connectivity index (χ3v) is 17.2. The maximum absolute atomic E-state index is 3.08. The minimum atomic E-state index is -3.08. The highest BCUT2D eigenvalue weighted by atomic mass is 28.3. The highest BCUT2D eigenvalue weighted by Gasteiger charge is 2.49. The molecule has 4 heteroatoms. The summed E-state index contributed by atoms with van der Waals surface area (Å²) in [7, 11) is -3.08. The molecule has 272 valence electrons.